The zero-order valence-electron chi connectivity index (χ0n) is 12.9. The number of carbonyl (C=O) groups is 2. The summed E-state index contributed by atoms with van der Waals surface area (Å²) in [5, 5.41) is 1.87. The van der Waals surface area contributed by atoms with Crippen molar-refractivity contribution in [1.82, 2.24) is 4.90 Å². The van der Waals surface area contributed by atoms with E-state index in [9.17, 15) is 9.59 Å². The number of nitrogens with zero attached hydrogens (tertiary/aromatic N) is 2. The first-order valence-corrected chi connectivity index (χ1v) is 8.35. The Balaban J connectivity index is 1.95. The summed E-state index contributed by atoms with van der Waals surface area (Å²) in [7, 11) is 1.58. The molecule has 2 heterocycles. The lowest BCUT2D eigenvalue weighted by atomic mass is 10.2. The largest absolute Gasteiger partial charge is 0.495 e. The molecule has 6 heteroatoms. The number of hydrogen-bond acceptors (Lipinski definition) is 4. The maximum Gasteiger partial charge on any atom is 0.269 e. The molecule has 0 radical (unpaired) electrons. The molecule has 1 saturated heterocycles. The topological polar surface area (TPSA) is 49.9 Å². The molecule has 0 N–H and O–H groups in total. The van der Waals surface area contributed by atoms with E-state index in [-0.39, 0.29) is 18.5 Å². The minimum Gasteiger partial charge on any atom is -0.495 e. The molecule has 23 heavy (non-hydrogen) atoms. The smallest absolute Gasteiger partial charge is 0.269 e. The number of hydrogen-bond donors (Lipinski definition) is 0. The lowest BCUT2D eigenvalue weighted by Gasteiger charge is -2.28. The molecular weight excluding hydrogens is 312 g/mol. The Kier molecular flexibility index (Phi) is 4.62. The Morgan fingerprint density at radius 2 is 2.13 bits per heavy atom. The van der Waals surface area contributed by atoms with Crippen LogP contribution < -0.4 is 9.64 Å². The Bertz CT molecular complexity index is 700. The van der Waals surface area contributed by atoms with Crippen LogP contribution >= 0.6 is 11.3 Å². The first-order chi connectivity index (χ1) is 11.2. The summed E-state index contributed by atoms with van der Waals surface area (Å²) in [6.45, 7) is 0.929. The molecule has 1 aliphatic heterocycles. The predicted octanol–water partition coefficient (Wildman–Crippen LogP) is 2.98. The summed E-state index contributed by atoms with van der Waals surface area (Å²) >= 11 is 1.39. The summed E-state index contributed by atoms with van der Waals surface area (Å²) < 4.78 is 5.39. The van der Waals surface area contributed by atoms with Gasteiger partial charge < -0.3 is 9.64 Å². The number of likely N-dealkylation sites (tertiary alicyclic amines) is 1. The fourth-order valence-electron chi connectivity index (χ4n) is 2.66. The Hall–Kier alpha value is -2.34. The first-order valence-electron chi connectivity index (χ1n) is 7.47. The lowest BCUT2D eigenvalue weighted by Crippen LogP contribution is -2.42. The zero-order valence-corrected chi connectivity index (χ0v) is 13.7. The fourth-order valence-corrected chi connectivity index (χ4v) is 3.33. The van der Waals surface area contributed by atoms with Gasteiger partial charge in [0.05, 0.1) is 17.7 Å². The number of anilines is 1. The van der Waals surface area contributed by atoms with E-state index in [2.05, 4.69) is 0 Å². The normalized spacial score (nSPS) is 14.1. The summed E-state index contributed by atoms with van der Waals surface area (Å²) in [4.78, 5) is 28.9. The van der Waals surface area contributed by atoms with Crippen LogP contribution in [0.4, 0.5) is 5.69 Å². The van der Waals surface area contributed by atoms with Gasteiger partial charge in [-0.1, -0.05) is 18.2 Å². The molecule has 1 aromatic carbocycles. The van der Waals surface area contributed by atoms with Gasteiger partial charge in [0, 0.05) is 13.0 Å². The van der Waals surface area contributed by atoms with E-state index in [1.807, 2.05) is 35.7 Å². The number of methoxy groups -OCH3 is 1. The third-order valence-electron chi connectivity index (χ3n) is 3.84. The SMILES string of the molecule is COc1ccccc1N(CN1CCCC1=O)C(=O)c1cccs1. The highest BCUT2D eigenvalue weighted by Crippen LogP contribution is 2.30. The fraction of sp³-hybridized carbons (Fsp3) is 0.294. The third kappa shape index (κ3) is 3.22. The molecule has 0 atom stereocenters. The van der Waals surface area contributed by atoms with E-state index in [0.29, 0.717) is 29.3 Å². The second kappa shape index (κ2) is 6.83. The van der Waals surface area contributed by atoms with Gasteiger partial charge in [-0.3, -0.25) is 14.5 Å². The highest BCUT2D eigenvalue weighted by Gasteiger charge is 2.28. The molecule has 3 rings (SSSR count). The van der Waals surface area contributed by atoms with Crippen LogP contribution in [0.3, 0.4) is 0 Å². The molecule has 1 aliphatic rings. The molecular formula is C17H18N2O3S. The van der Waals surface area contributed by atoms with Gasteiger partial charge in [-0.05, 0) is 30.0 Å². The standard InChI is InChI=1S/C17H18N2O3S/c1-22-14-7-3-2-6-13(14)19(12-18-10-4-9-16(18)20)17(21)15-8-5-11-23-15/h2-3,5-8,11H,4,9-10,12H2,1H3. The maximum absolute atomic E-state index is 12.9. The van der Waals surface area contributed by atoms with E-state index >= 15 is 0 Å². The van der Waals surface area contributed by atoms with Crippen LogP contribution in [-0.4, -0.2) is 37.0 Å². The van der Waals surface area contributed by atoms with Crippen LogP contribution in [0.1, 0.15) is 22.5 Å². The van der Waals surface area contributed by atoms with Crippen LogP contribution in [0.2, 0.25) is 0 Å². The quantitative estimate of drug-likeness (QED) is 0.847. The van der Waals surface area contributed by atoms with Crippen molar-refractivity contribution in [3.8, 4) is 5.75 Å². The molecule has 120 valence electrons. The molecule has 0 aliphatic carbocycles. The van der Waals surface area contributed by atoms with Crippen molar-refractivity contribution in [3.63, 3.8) is 0 Å². The van der Waals surface area contributed by atoms with Gasteiger partial charge in [-0.2, -0.15) is 0 Å². The van der Waals surface area contributed by atoms with Crippen LogP contribution in [0.5, 0.6) is 5.75 Å². The highest BCUT2D eigenvalue weighted by molar-refractivity contribution is 7.12. The average molecular weight is 330 g/mol. The van der Waals surface area contributed by atoms with Gasteiger partial charge in [-0.25, -0.2) is 0 Å². The van der Waals surface area contributed by atoms with E-state index in [0.717, 1.165) is 6.42 Å². The van der Waals surface area contributed by atoms with Crippen LogP contribution in [0.25, 0.3) is 0 Å². The summed E-state index contributed by atoms with van der Waals surface area (Å²) in [5.41, 5.74) is 0.674. The van der Waals surface area contributed by atoms with Gasteiger partial charge in [0.1, 0.15) is 12.4 Å². The predicted molar refractivity (Wildman–Crippen MR) is 89.9 cm³/mol. The Labute approximate surface area is 139 Å². The maximum atomic E-state index is 12.9. The first kappa shape index (κ1) is 15.6. The van der Waals surface area contributed by atoms with E-state index in [1.54, 1.807) is 23.0 Å². The van der Waals surface area contributed by atoms with Gasteiger partial charge >= 0.3 is 0 Å². The Morgan fingerprint density at radius 3 is 2.78 bits per heavy atom. The minimum absolute atomic E-state index is 0.0869. The van der Waals surface area contributed by atoms with Crippen molar-refractivity contribution in [2.24, 2.45) is 0 Å². The van der Waals surface area contributed by atoms with Crippen molar-refractivity contribution in [2.45, 2.75) is 12.8 Å². The van der Waals surface area contributed by atoms with Crippen molar-refractivity contribution in [1.29, 1.82) is 0 Å². The molecule has 0 spiro atoms. The van der Waals surface area contributed by atoms with E-state index < -0.39 is 0 Å². The van der Waals surface area contributed by atoms with Crippen LogP contribution in [0, 0.1) is 0 Å². The molecule has 0 bridgehead atoms. The number of ether oxygens (including phenoxy) is 1. The van der Waals surface area contributed by atoms with Gasteiger partial charge in [0.15, 0.2) is 0 Å². The molecule has 1 aromatic heterocycles. The summed E-state index contributed by atoms with van der Waals surface area (Å²) in [6.07, 6.45) is 1.39. The molecule has 5 nitrogen and oxygen atoms in total. The Morgan fingerprint density at radius 1 is 1.30 bits per heavy atom. The number of carbonyl (C=O) groups excluding carboxylic acids is 2. The van der Waals surface area contributed by atoms with Crippen molar-refractivity contribution < 1.29 is 14.3 Å². The van der Waals surface area contributed by atoms with E-state index in [1.165, 1.54) is 11.3 Å². The number of amides is 2. The number of para-hydroxylation sites is 2. The van der Waals surface area contributed by atoms with Crippen molar-refractivity contribution >= 4 is 28.8 Å². The third-order valence-corrected chi connectivity index (χ3v) is 4.69. The van der Waals surface area contributed by atoms with Gasteiger partial charge in [0.2, 0.25) is 5.91 Å². The summed E-state index contributed by atoms with van der Waals surface area (Å²) in [5.74, 6) is 0.581. The molecule has 1 fully saturated rings. The minimum atomic E-state index is -0.121. The van der Waals surface area contributed by atoms with Gasteiger partial charge in [0.25, 0.3) is 5.91 Å². The van der Waals surface area contributed by atoms with Crippen LogP contribution in [-0.2, 0) is 4.79 Å². The average Bonchev–Trinajstić information content (AvgIpc) is 3.24. The number of thiophene rings is 1. The van der Waals surface area contributed by atoms with Gasteiger partial charge in [-0.15, -0.1) is 11.3 Å². The monoisotopic (exact) mass is 330 g/mol. The number of benzene rings is 1. The highest BCUT2D eigenvalue weighted by atomic mass is 32.1. The zero-order chi connectivity index (χ0) is 16.2. The van der Waals surface area contributed by atoms with Crippen LogP contribution in [0.15, 0.2) is 41.8 Å². The lowest BCUT2D eigenvalue weighted by molar-refractivity contribution is -0.127. The summed E-state index contributed by atoms with van der Waals surface area (Å²) in [6, 6.07) is 11.0. The molecule has 2 aromatic rings. The second-order valence-corrected chi connectivity index (χ2v) is 6.23. The molecule has 2 amide bonds. The molecule has 0 saturated carbocycles. The number of rotatable bonds is 5. The van der Waals surface area contributed by atoms with Crippen molar-refractivity contribution in [3.05, 3.63) is 46.7 Å². The second-order valence-electron chi connectivity index (χ2n) is 5.28. The molecule has 0 unspecified atom stereocenters. The van der Waals surface area contributed by atoms with Crippen molar-refractivity contribution in [2.75, 3.05) is 25.2 Å². The van der Waals surface area contributed by atoms with E-state index in [4.69, 9.17) is 4.74 Å².